The number of thiophene rings is 1. The van der Waals surface area contributed by atoms with E-state index in [1.54, 1.807) is 13.0 Å². The Morgan fingerprint density at radius 3 is 2.57 bits per heavy atom. The second-order valence-corrected chi connectivity index (χ2v) is 8.38. The largest absolute Gasteiger partial charge is 0.495 e. The maximum absolute atomic E-state index is 13.3. The van der Waals surface area contributed by atoms with Gasteiger partial charge in [0.1, 0.15) is 16.8 Å². The number of benzene rings is 1. The summed E-state index contributed by atoms with van der Waals surface area (Å²) < 4.78 is 6.96. The Balaban J connectivity index is 2.15. The number of amides is 2. The lowest BCUT2D eigenvalue weighted by atomic mass is 10.1. The van der Waals surface area contributed by atoms with Crippen molar-refractivity contribution in [2.75, 3.05) is 12.4 Å². The number of rotatable bonds is 6. The van der Waals surface area contributed by atoms with Crippen LogP contribution in [-0.4, -0.2) is 23.5 Å². The number of nitrogens with two attached hydrogens (primary N) is 1. The smallest absolute Gasteiger partial charge is 0.252 e. The molecular weight excluding hydrogens is 402 g/mol. The molecule has 0 saturated heterocycles. The Kier molecular flexibility index (Phi) is 5.98. The summed E-state index contributed by atoms with van der Waals surface area (Å²) in [5.41, 5.74) is 7.66. The van der Waals surface area contributed by atoms with E-state index in [0.717, 1.165) is 21.4 Å². The first-order chi connectivity index (χ1) is 14.2. The SMILES string of the molecule is CCC(C(=O)Nc1sc(C)c(C)c1C(N)=O)n1c(=O)cc(C)c2cccc(OC)c21. The van der Waals surface area contributed by atoms with Gasteiger partial charge in [-0.3, -0.25) is 19.0 Å². The number of anilines is 1. The van der Waals surface area contributed by atoms with E-state index in [1.165, 1.54) is 29.1 Å². The Hall–Kier alpha value is -3.13. The van der Waals surface area contributed by atoms with Crippen molar-refractivity contribution in [3.05, 3.63) is 56.2 Å². The monoisotopic (exact) mass is 427 g/mol. The summed E-state index contributed by atoms with van der Waals surface area (Å²) in [6.07, 6.45) is 0.372. The first-order valence-electron chi connectivity index (χ1n) is 9.60. The van der Waals surface area contributed by atoms with Gasteiger partial charge in [-0.05, 0) is 44.4 Å². The van der Waals surface area contributed by atoms with Crippen LogP contribution in [0.1, 0.15) is 45.7 Å². The summed E-state index contributed by atoms with van der Waals surface area (Å²) in [6, 6.07) is 6.23. The minimum Gasteiger partial charge on any atom is -0.495 e. The van der Waals surface area contributed by atoms with Gasteiger partial charge in [0.15, 0.2) is 0 Å². The molecule has 1 unspecified atom stereocenters. The van der Waals surface area contributed by atoms with Crippen molar-refractivity contribution in [3.63, 3.8) is 0 Å². The van der Waals surface area contributed by atoms with Crippen molar-refractivity contribution in [2.45, 2.75) is 40.2 Å². The van der Waals surface area contributed by atoms with Crippen LogP contribution in [0.15, 0.2) is 29.1 Å². The van der Waals surface area contributed by atoms with E-state index in [0.29, 0.717) is 28.3 Å². The van der Waals surface area contributed by atoms with Gasteiger partial charge in [-0.15, -0.1) is 11.3 Å². The molecule has 0 saturated carbocycles. The molecule has 0 fully saturated rings. The summed E-state index contributed by atoms with van der Waals surface area (Å²) in [6.45, 7) is 7.34. The van der Waals surface area contributed by atoms with Crippen LogP contribution < -0.4 is 21.3 Å². The lowest BCUT2D eigenvalue weighted by molar-refractivity contribution is -0.119. The fourth-order valence-electron chi connectivity index (χ4n) is 3.70. The Morgan fingerprint density at radius 1 is 1.27 bits per heavy atom. The van der Waals surface area contributed by atoms with Gasteiger partial charge < -0.3 is 15.8 Å². The number of hydrogen-bond donors (Lipinski definition) is 2. The number of hydrogen-bond acceptors (Lipinski definition) is 5. The summed E-state index contributed by atoms with van der Waals surface area (Å²) in [4.78, 5) is 39.0. The molecule has 3 rings (SSSR count). The van der Waals surface area contributed by atoms with E-state index in [1.807, 2.05) is 32.9 Å². The van der Waals surface area contributed by atoms with Crippen molar-refractivity contribution in [1.29, 1.82) is 0 Å². The summed E-state index contributed by atoms with van der Waals surface area (Å²) in [5, 5.41) is 4.06. The highest BCUT2D eigenvalue weighted by molar-refractivity contribution is 7.16. The van der Waals surface area contributed by atoms with Gasteiger partial charge in [0.25, 0.3) is 11.5 Å². The number of para-hydroxylation sites is 1. The number of carbonyl (C=O) groups is 2. The first-order valence-corrected chi connectivity index (χ1v) is 10.4. The lowest BCUT2D eigenvalue weighted by Gasteiger charge is -2.22. The molecule has 0 radical (unpaired) electrons. The lowest BCUT2D eigenvalue weighted by Crippen LogP contribution is -2.33. The van der Waals surface area contributed by atoms with Gasteiger partial charge in [-0.2, -0.15) is 0 Å². The zero-order valence-corrected chi connectivity index (χ0v) is 18.5. The number of ether oxygens (including phenoxy) is 1. The second kappa shape index (κ2) is 8.31. The van der Waals surface area contributed by atoms with Crippen molar-refractivity contribution >= 4 is 39.1 Å². The van der Waals surface area contributed by atoms with E-state index in [2.05, 4.69) is 5.32 Å². The predicted molar refractivity (Wildman–Crippen MR) is 120 cm³/mol. The average molecular weight is 428 g/mol. The standard InChI is InChI=1S/C22H25N3O4S/c1-6-15(21(28)24-22-18(20(23)27)12(3)13(4)30-22)25-17(26)10-11(2)14-8-7-9-16(29-5)19(14)25/h7-10,15H,6H2,1-5H3,(H2,23,27)(H,24,28). The van der Waals surface area contributed by atoms with Crippen molar-refractivity contribution in [3.8, 4) is 5.75 Å². The van der Waals surface area contributed by atoms with Crippen LogP contribution in [0.4, 0.5) is 5.00 Å². The van der Waals surface area contributed by atoms with Crippen LogP contribution >= 0.6 is 11.3 Å². The van der Waals surface area contributed by atoms with Crippen molar-refractivity contribution in [1.82, 2.24) is 4.57 Å². The average Bonchev–Trinajstić information content (AvgIpc) is 2.97. The highest BCUT2D eigenvalue weighted by Gasteiger charge is 2.26. The molecule has 1 atom stereocenters. The van der Waals surface area contributed by atoms with E-state index in [-0.39, 0.29) is 11.5 Å². The highest BCUT2D eigenvalue weighted by Crippen LogP contribution is 2.34. The summed E-state index contributed by atoms with van der Waals surface area (Å²) >= 11 is 1.29. The molecule has 30 heavy (non-hydrogen) atoms. The molecule has 3 N–H and O–H groups in total. The molecule has 0 aliphatic rings. The summed E-state index contributed by atoms with van der Waals surface area (Å²) in [7, 11) is 1.53. The number of pyridine rings is 1. The maximum Gasteiger partial charge on any atom is 0.252 e. The molecule has 2 amide bonds. The van der Waals surface area contributed by atoms with Crippen molar-refractivity contribution in [2.24, 2.45) is 5.73 Å². The highest BCUT2D eigenvalue weighted by atomic mass is 32.1. The number of primary amides is 1. The summed E-state index contributed by atoms with van der Waals surface area (Å²) in [5.74, 6) is -0.473. The minimum atomic E-state index is -0.791. The molecule has 0 aliphatic heterocycles. The van der Waals surface area contributed by atoms with E-state index < -0.39 is 11.9 Å². The minimum absolute atomic E-state index is 0.292. The first kappa shape index (κ1) is 21.6. The van der Waals surface area contributed by atoms with Gasteiger partial charge in [0.2, 0.25) is 5.91 Å². The third-order valence-corrected chi connectivity index (χ3v) is 6.45. The number of methoxy groups -OCH3 is 1. The number of fused-ring (bicyclic) bond motifs is 1. The number of nitrogens with zero attached hydrogens (tertiary/aromatic N) is 1. The third kappa shape index (κ3) is 3.59. The van der Waals surface area contributed by atoms with E-state index >= 15 is 0 Å². The van der Waals surface area contributed by atoms with Gasteiger partial charge in [0, 0.05) is 16.3 Å². The van der Waals surface area contributed by atoms with E-state index in [4.69, 9.17) is 10.5 Å². The molecule has 0 bridgehead atoms. The number of aromatic nitrogens is 1. The fourth-order valence-corrected chi connectivity index (χ4v) is 4.77. The molecule has 3 aromatic rings. The molecule has 2 heterocycles. The zero-order chi connectivity index (χ0) is 22.2. The van der Waals surface area contributed by atoms with Crippen LogP contribution in [0.3, 0.4) is 0 Å². The zero-order valence-electron chi connectivity index (χ0n) is 17.7. The van der Waals surface area contributed by atoms with Crippen LogP contribution in [0.5, 0.6) is 5.75 Å². The fraction of sp³-hybridized carbons (Fsp3) is 0.318. The van der Waals surface area contributed by atoms with Gasteiger partial charge >= 0.3 is 0 Å². The molecule has 8 heteroatoms. The molecule has 1 aromatic carbocycles. The van der Waals surface area contributed by atoms with Gasteiger partial charge in [0.05, 0.1) is 18.2 Å². The number of carbonyl (C=O) groups excluding carboxylic acids is 2. The van der Waals surface area contributed by atoms with Crippen molar-refractivity contribution < 1.29 is 14.3 Å². The second-order valence-electron chi connectivity index (χ2n) is 7.16. The maximum atomic E-state index is 13.3. The molecule has 0 spiro atoms. The van der Waals surface area contributed by atoms with E-state index in [9.17, 15) is 14.4 Å². The van der Waals surface area contributed by atoms with Gasteiger partial charge in [-0.25, -0.2) is 0 Å². The molecule has 0 aliphatic carbocycles. The molecule has 158 valence electrons. The third-order valence-electron chi connectivity index (χ3n) is 5.33. The van der Waals surface area contributed by atoms with Crippen LogP contribution in [0.25, 0.3) is 10.9 Å². The quantitative estimate of drug-likeness (QED) is 0.626. The predicted octanol–water partition coefficient (Wildman–Crippen LogP) is 3.69. The Morgan fingerprint density at radius 2 is 1.97 bits per heavy atom. The van der Waals surface area contributed by atoms with Crippen LogP contribution in [0, 0.1) is 20.8 Å². The molecular formula is C22H25N3O4S. The normalized spacial score (nSPS) is 12.0. The van der Waals surface area contributed by atoms with Gasteiger partial charge in [-0.1, -0.05) is 19.1 Å². The molecule has 7 nitrogen and oxygen atoms in total. The van der Waals surface area contributed by atoms with Crippen LogP contribution in [0.2, 0.25) is 0 Å². The number of aryl methyl sites for hydroxylation is 2. The molecule has 2 aromatic heterocycles. The number of nitrogens with one attached hydrogen (secondary N) is 1. The Labute approximate surface area is 178 Å². The van der Waals surface area contributed by atoms with Crippen LogP contribution in [-0.2, 0) is 4.79 Å². The Bertz CT molecular complexity index is 1210. The topological polar surface area (TPSA) is 103 Å².